The normalized spacial score (nSPS) is 10.3. The lowest BCUT2D eigenvalue weighted by molar-refractivity contribution is 0.685. The first-order chi connectivity index (χ1) is 7.33. The highest BCUT2D eigenvalue weighted by molar-refractivity contribution is 7.13. The summed E-state index contributed by atoms with van der Waals surface area (Å²) in [5.74, 6) is 0. The van der Waals surface area contributed by atoms with Crippen molar-refractivity contribution >= 4 is 21.6 Å². The number of nitriles is 1. The summed E-state index contributed by atoms with van der Waals surface area (Å²) in [6, 6.07) is 9.67. The Kier molecular flexibility index (Phi) is 2.84. The monoisotopic (exact) mass is 218 g/mol. The molecule has 0 fully saturated rings. The van der Waals surface area contributed by atoms with Gasteiger partial charge in [-0.25, -0.2) is 0 Å². The number of aromatic nitrogens is 1. The van der Waals surface area contributed by atoms with Crippen LogP contribution < -0.4 is 5.56 Å². The van der Waals surface area contributed by atoms with Gasteiger partial charge in [0.1, 0.15) is 0 Å². The summed E-state index contributed by atoms with van der Waals surface area (Å²) in [6.07, 6.45) is 1.24. The van der Waals surface area contributed by atoms with E-state index in [0.29, 0.717) is 13.0 Å². The highest BCUT2D eigenvalue weighted by atomic mass is 32.1. The van der Waals surface area contributed by atoms with Gasteiger partial charge in [-0.1, -0.05) is 23.7 Å². The van der Waals surface area contributed by atoms with Gasteiger partial charge in [0.15, 0.2) is 0 Å². The minimum Gasteiger partial charge on any atom is -0.268 e. The molecule has 0 unspecified atom stereocenters. The van der Waals surface area contributed by atoms with Crippen LogP contribution in [0.2, 0.25) is 0 Å². The minimum atomic E-state index is 0.0635. The quantitative estimate of drug-likeness (QED) is 0.742. The average Bonchev–Trinajstić information content (AvgIpc) is 2.57. The molecule has 0 atom stereocenters. The van der Waals surface area contributed by atoms with Crippen molar-refractivity contribution in [3.8, 4) is 6.07 Å². The summed E-state index contributed by atoms with van der Waals surface area (Å²) in [7, 11) is 0. The number of unbranched alkanes of at least 4 members (excludes halogenated alkanes) is 1. The Labute approximate surface area is 91.3 Å². The van der Waals surface area contributed by atoms with Crippen molar-refractivity contribution in [1.82, 2.24) is 3.96 Å². The summed E-state index contributed by atoms with van der Waals surface area (Å²) < 4.78 is 2.74. The topological polar surface area (TPSA) is 45.8 Å². The van der Waals surface area contributed by atoms with Gasteiger partial charge in [-0.15, -0.1) is 0 Å². The Hall–Kier alpha value is -1.60. The lowest BCUT2D eigenvalue weighted by Gasteiger charge is -1.94. The van der Waals surface area contributed by atoms with Crippen molar-refractivity contribution in [2.75, 3.05) is 0 Å². The van der Waals surface area contributed by atoms with Crippen LogP contribution in [0.25, 0.3) is 10.1 Å². The maximum Gasteiger partial charge on any atom is 0.268 e. The third kappa shape index (κ3) is 1.92. The predicted octanol–water partition coefficient (Wildman–Crippen LogP) is 2.37. The largest absolute Gasteiger partial charge is 0.268 e. The molecule has 76 valence electrons. The number of benzene rings is 1. The lowest BCUT2D eigenvalue weighted by atomic mass is 10.3. The lowest BCUT2D eigenvalue weighted by Crippen LogP contribution is -2.12. The molecule has 0 amide bonds. The van der Waals surface area contributed by atoms with Crippen LogP contribution in [0.5, 0.6) is 0 Å². The first-order valence-corrected chi connectivity index (χ1v) is 5.56. The third-order valence-corrected chi connectivity index (χ3v) is 3.32. The second-order valence-electron chi connectivity index (χ2n) is 3.26. The molecule has 0 aliphatic heterocycles. The van der Waals surface area contributed by atoms with Crippen molar-refractivity contribution < 1.29 is 0 Å². The Bertz CT molecular complexity index is 562. The highest BCUT2D eigenvalue weighted by Gasteiger charge is 2.05. The van der Waals surface area contributed by atoms with Gasteiger partial charge in [-0.05, 0) is 18.6 Å². The van der Waals surface area contributed by atoms with E-state index in [0.717, 1.165) is 16.5 Å². The van der Waals surface area contributed by atoms with E-state index in [-0.39, 0.29) is 5.56 Å². The molecule has 2 rings (SSSR count). The molecule has 1 heterocycles. The van der Waals surface area contributed by atoms with Crippen LogP contribution in [0.15, 0.2) is 29.1 Å². The molecule has 0 saturated carbocycles. The second-order valence-corrected chi connectivity index (χ2v) is 4.32. The molecule has 0 aliphatic rings. The van der Waals surface area contributed by atoms with E-state index in [1.807, 2.05) is 24.3 Å². The number of hydrogen-bond donors (Lipinski definition) is 0. The molecular weight excluding hydrogens is 208 g/mol. The van der Waals surface area contributed by atoms with Crippen LogP contribution in [0, 0.1) is 11.3 Å². The van der Waals surface area contributed by atoms with E-state index in [1.54, 1.807) is 3.96 Å². The number of fused-ring (bicyclic) bond motifs is 1. The summed E-state index contributed by atoms with van der Waals surface area (Å²) in [5, 5.41) is 9.20. The maximum absolute atomic E-state index is 11.8. The zero-order valence-corrected chi connectivity index (χ0v) is 8.96. The molecule has 0 spiro atoms. The van der Waals surface area contributed by atoms with Gasteiger partial charge in [-0.2, -0.15) is 5.26 Å². The Morgan fingerprint density at radius 1 is 1.40 bits per heavy atom. The van der Waals surface area contributed by atoms with E-state index < -0.39 is 0 Å². The summed E-state index contributed by atoms with van der Waals surface area (Å²) in [5.41, 5.74) is 0.0635. The van der Waals surface area contributed by atoms with Crippen molar-refractivity contribution in [2.24, 2.45) is 0 Å². The number of nitrogens with zero attached hydrogens (tertiary/aromatic N) is 2. The van der Waals surface area contributed by atoms with Gasteiger partial charge < -0.3 is 0 Å². The van der Waals surface area contributed by atoms with Crippen molar-refractivity contribution in [3.05, 3.63) is 34.6 Å². The highest BCUT2D eigenvalue weighted by Crippen LogP contribution is 2.16. The van der Waals surface area contributed by atoms with Crippen LogP contribution in [0.4, 0.5) is 0 Å². The maximum atomic E-state index is 11.8. The first kappa shape index (κ1) is 9.94. The molecule has 3 nitrogen and oxygen atoms in total. The molecule has 1 aromatic carbocycles. The number of rotatable bonds is 3. The molecule has 0 N–H and O–H groups in total. The second kappa shape index (κ2) is 4.28. The zero-order valence-electron chi connectivity index (χ0n) is 8.14. The van der Waals surface area contributed by atoms with Gasteiger partial charge in [0.2, 0.25) is 0 Å². The van der Waals surface area contributed by atoms with Gasteiger partial charge in [0, 0.05) is 13.0 Å². The standard InChI is InChI=1S/C11H10N2OS/c12-7-3-4-8-13-11(14)9-5-1-2-6-10(9)15-13/h1-2,5-6H,3-4,8H2. The fourth-order valence-electron chi connectivity index (χ4n) is 1.47. The van der Waals surface area contributed by atoms with Crippen LogP contribution >= 0.6 is 11.5 Å². The van der Waals surface area contributed by atoms with Crippen LogP contribution in [-0.4, -0.2) is 3.96 Å². The Morgan fingerprint density at radius 3 is 2.93 bits per heavy atom. The van der Waals surface area contributed by atoms with Crippen LogP contribution in [0.1, 0.15) is 12.8 Å². The fraction of sp³-hybridized carbons (Fsp3) is 0.273. The summed E-state index contributed by atoms with van der Waals surface area (Å²) in [6.45, 7) is 0.645. The van der Waals surface area contributed by atoms with Gasteiger partial charge in [-0.3, -0.25) is 8.75 Å². The molecule has 1 aromatic heterocycles. The summed E-state index contributed by atoms with van der Waals surface area (Å²) >= 11 is 1.47. The van der Waals surface area contributed by atoms with E-state index in [4.69, 9.17) is 5.26 Å². The van der Waals surface area contributed by atoms with E-state index in [9.17, 15) is 4.79 Å². The molecule has 0 bridgehead atoms. The third-order valence-electron chi connectivity index (χ3n) is 2.20. The average molecular weight is 218 g/mol. The molecule has 15 heavy (non-hydrogen) atoms. The van der Waals surface area contributed by atoms with Crippen molar-refractivity contribution in [1.29, 1.82) is 5.26 Å². The number of hydrogen-bond acceptors (Lipinski definition) is 3. The van der Waals surface area contributed by atoms with Crippen molar-refractivity contribution in [3.63, 3.8) is 0 Å². The molecular formula is C11H10N2OS. The van der Waals surface area contributed by atoms with Gasteiger partial charge in [0.25, 0.3) is 5.56 Å². The number of aryl methyl sites for hydroxylation is 1. The molecule has 0 radical (unpaired) electrons. The predicted molar refractivity (Wildman–Crippen MR) is 60.9 cm³/mol. The Balaban J connectivity index is 2.33. The summed E-state index contributed by atoms with van der Waals surface area (Å²) in [4.78, 5) is 11.8. The molecule has 4 heteroatoms. The Morgan fingerprint density at radius 2 is 2.20 bits per heavy atom. The van der Waals surface area contributed by atoms with E-state index >= 15 is 0 Å². The molecule has 2 aromatic rings. The zero-order chi connectivity index (χ0) is 10.7. The van der Waals surface area contributed by atoms with Crippen molar-refractivity contribution in [2.45, 2.75) is 19.4 Å². The van der Waals surface area contributed by atoms with Gasteiger partial charge in [0.05, 0.1) is 16.2 Å². The fourth-order valence-corrected chi connectivity index (χ4v) is 2.50. The SMILES string of the molecule is N#CCCCn1sc2ccccc2c1=O. The minimum absolute atomic E-state index is 0.0635. The molecule has 0 saturated heterocycles. The van der Waals surface area contributed by atoms with E-state index in [2.05, 4.69) is 6.07 Å². The van der Waals surface area contributed by atoms with Crippen LogP contribution in [0.3, 0.4) is 0 Å². The van der Waals surface area contributed by atoms with Crippen LogP contribution in [-0.2, 0) is 6.54 Å². The smallest absolute Gasteiger partial charge is 0.268 e. The van der Waals surface area contributed by atoms with E-state index in [1.165, 1.54) is 11.5 Å². The van der Waals surface area contributed by atoms with Gasteiger partial charge >= 0.3 is 0 Å². The first-order valence-electron chi connectivity index (χ1n) is 4.79. The molecule has 0 aliphatic carbocycles.